The summed E-state index contributed by atoms with van der Waals surface area (Å²) >= 11 is 1.66. The van der Waals surface area contributed by atoms with Gasteiger partial charge in [0.25, 0.3) is 0 Å². The first-order valence-corrected chi connectivity index (χ1v) is 7.38. The molecule has 0 aliphatic rings. The van der Waals surface area contributed by atoms with Gasteiger partial charge in [-0.3, -0.25) is 4.79 Å². The van der Waals surface area contributed by atoms with Gasteiger partial charge in [-0.2, -0.15) is 0 Å². The van der Waals surface area contributed by atoms with E-state index in [0.29, 0.717) is 6.54 Å². The third kappa shape index (κ3) is 3.22. The smallest absolute Gasteiger partial charge is 0.303 e. The number of hydrogen-bond donors (Lipinski definition) is 1. The van der Waals surface area contributed by atoms with E-state index >= 15 is 0 Å². The molecule has 2 rings (SSSR count). The maximum atomic E-state index is 10.8. The van der Waals surface area contributed by atoms with E-state index < -0.39 is 5.97 Å². The summed E-state index contributed by atoms with van der Waals surface area (Å²) in [5, 5.41) is 20.7. The van der Waals surface area contributed by atoms with Crippen molar-refractivity contribution in [3.63, 3.8) is 0 Å². The van der Waals surface area contributed by atoms with Crippen LogP contribution < -0.4 is 0 Å². The second-order valence-electron chi connectivity index (χ2n) is 4.91. The van der Waals surface area contributed by atoms with Crippen LogP contribution in [0.4, 0.5) is 0 Å². The van der Waals surface area contributed by atoms with Gasteiger partial charge in [0.1, 0.15) is 0 Å². The molecular formula is C13H18N4O2S. The van der Waals surface area contributed by atoms with E-state index in [4.69, 9.17) is 5.11 Å². The highest BCUT2D eigenvalue weighted by Crippen LogP contribution is 2.29. The van der Waals surface area contributed by atoms with Crippen LogP contribution in [-0.4, -0.2) is 31.3 Å². The largest absolute Gasteiger partial charge is 0.481 e. The van der Waals surface area contributed by atoms with Crippen molar-refractivity contribution < 1.29 is 9.90 Å². The van der Waals surface area contributed by atoms with Gasteiger partial charge in [-0.1, -0.05) is 13.3 Å². The zero-order valence-electron chi connectivity index (χ0n) is 11.8. The minimum absolute atomic E-state index is 0.0388. The van der Waals surface area contributed by atoms with Crippen molar-refractivity contribution in [3.05, 3.63) is 16.5 Å². The highest BCUT2D eigenvalue weighted by molar-refractivity contribution is 7.15. The van der Waals surface area contributed by atoms with Crippen LogP contribution in [0.1, 0.15) is 30.2 Å². The average Bonchev–Trinajstić information content (AvgIpc) is 2.96. The van der Waals surface area contributed by atoms with Crippen LogP contribution in [0.25, 0.3) is 10.7 Å². The second-order valence-corrected chi connectivity index (χ2v) is 6.16. The highest BCUT2D eigenvalue weighted by Gasteiger charge is 2.17. The van der Waals surface area contributed by atoms with Crippen molar-refractivity contribution in [2.24, 2.45) is 5.92 Å². The van der Waals surface area contributed by atoms with Gasteiger partial charge < -0.3 is 5.11 Å². The van der Waals surface area contributed by atoms with Crippen LogP contribution in [0.5, 0.6) is 0 Å². The molecule has 7 heteroatoms. The summed E-state index contributed by atoms with van der Waals surface area (Å²) in [6.07, 6.45) is 0.923. The SMILES string of the molecule is CCC(CC(=O)O)Cn1nnnc1-c1cc(C)c(C)s1. The minimum Gasteiger partial charge on any atom is -0.481 e. The molecule has 0 fully saturated rings. The normalized spacial score (nSPS) is 12.6. The van der Waals surface area contributed by atoms with Gasteiger partial charge >= 0.3 is 5.97 Å². The number of tetrazole rings is 1. The Morgan fingerprint density at radius 2 is 2.25 bits per heavy atom. The number of rotatable bonds is 6. The topological polar surface area (TPSA) is 80.9 Å². The number of aliphatic carboxylic acids is 1. The number of hydrogen-bond acceptors (Lipinski definition) is 5. The molecule has 0 aliphatic heterocycles. The van der Waals surface area contributed by atoms with Crippen LogP contribution in [0.3, 0.4) is 0 Å². The van der Waals surface area contributed by atoms with Crippen LogP contribution in [0.15, 0.2) is 6.07 Å². The standard InChI is InChI=1S/C13H18N4O2S/c1-4-10(6-12(18)19)7-17-13(14-15-16-17)11-5-8(2)9(3)20-11/h5,10H,4,6-7H2,1-3H3,(H,18,19). The first-order valence-electron chi connectivity index (χ1n) is 6.56. The Morgan fingerprint density at radius 1 is 1.50 bits per heavy atom. The number of aryl methyl sites for hydroxylation is 2. The number of thiophene rings is 1. The molecule has 108 valence electrons. The first kappa shape index (κ1) is 14.6. The lowest BCUT2D eigenvalue weighted by Crippen LogP contribution is -2.16. The number of aromatic nitrogens is 4. The van der Waals surface area contributed by atoms with Gasteiger partial charge in [0.15, 0.2) is 5.82 Å². The van der Waals surface area contributed by atoms with Gasteiger partial charge in [-0.05, 0) is 41.8 Å². The summed E-state index contributed by atoms with van der Waals surface area (Å²) in [7, 11) is 0. The molecule has 0 spiro atoms. The Bertz CT molecular complexity index is 586. The fourth-order valence-electron chi connectivity index (χ4n) is 2.02. The van der Waals surface area contributed by atoms with E-state index in [0.717, 1.165) is 17.1 Å². The Balaban J connectivity index is 2.22. The summed E-state index contributed by atoms with van der Waals surface area (Å²) in [4.78, 5) is 13.1. The van der Waals surface area contributed by atoms with Gasteiger partial charge in [-0.15, -0.1) is 16.4 Å². The molecule has 0 aliphatic carbocycles. The van der Waals surface area contributed by atoms with Gasteiger partial charge in [0.2, 0.25) is 0 Å². The van der Waals surface area contributed by atoms with Crippen LogP contribution in [-0.2, 0) is 11.3 Å². The lowest BCUT2D eigenvalue weighted by atomic mass is 10.0. The molecule has 0 saturated heterocycles. The molecule has 2 aromatic heterocycles. The van der Waals surface area contributed by atoms with Crippen molar-refractivity contribution in [2.75, 3.05) is 0 Å². The summed E-state index contributed by atoms with van der Waals surface area (Å²) in [6, 6.07) is 2.07. The predicted octanol–water partition coefficient (Wildman–Crippen LogP) is 2.52. The maximum absolute atomic E-state index is 10.8. The van der Waals surface area contributed by atoms with Gasteiger partial charge in [-0.25, -0.2) is 4.68 Å². The van der Waals surface area contributed by atoms with Gasteiger partial charge in [0.05, 0.1) is 4.88 Å². The summed E-state index contributed by atoms with van der Waals surface area (Å²) in [5.41, 5.74) is 1.22. The molecule has 2 heterocycles. The van der Waals surface area contributed by atoms with E-state index in [9.17, 15) is 4.79 Å². The Kier molecular flexibility index (Phi) is 4.49. The highest BCUT2D eigenvalue weighted by atomic mass is 32.1. The monoisotopic (exact) mass is 294 g/mol. The maximum Gasteiger partial charge on any atom is 0.303 e. The summed E-state index contributed by atoms with van der Waals surface area (Å²) in [6.45, 7) is 6.64. The third-order valence-electron chi connectivity index (χ3n) is 3.39. The van der Waals surface area contributed by atoms with Crippen LogP contribution in [0, 0.1) is 19.8 Å². The van der Waals surface area contributed by atoms with Crippen molar-refractivity contribution in [1.82, 2.24) is 20.2 Å². The zero-order valence-corrected chi connectivity index (χ0v) is 12.6. The molecule has 2 aromatic rings. The average molecular weight is 294 g/mol. The third-order valence-corrected chi connectivity index (χ3v) is 4.54. The van der Waals surface area contributed by atoms with Crippen molar-refractivity contribution >= 4 is 17.3 Å². The quantitative estimate of drug-likeness (QED) is 0.885. The fourth-order valence-corrected chi connectivity index (χ4v) is 3.04. The molecule has 0 radical (unpaired) electrons. The molecule has 20 heavy (non-hydrogen) atoms. The van der Waals surface area contributed by atoms with Gasteiger partial charge in [0, 0.05) is 17.8 Å². The van der Waals surface area contributed by atoms with Crippen molar-refractivity contribution in [1.29, 1.82) is 0 Å². The number of carboxylic acids is 1. The first-order chi connectivity index (χ1) is 9.51. The Labute approximate surface area is 121 Å². The Hall–Kier alpha value is -1.76. The molecule has 1 atom stereocenters. The number of nitrogens with zero attached hydrogens (tertiary/aromatic N) is 4. The van der Waals surface area contributed by atoms with E-state index in [-0.39, 0.29) is 12.3 Å². The molecule has 0 aromatic carbocycles. The molecular weight excluding hydrogens is 276 g/mol. The van der Waals surface area contributed by atoms with E-state index in [1.54, 1.807) is 16.0 Å². The molecule has 1 N–H and O–H groups in total. The summed E-state index contributed by atoms with van der Waals surface area (Å²) in [5.74, 6) is -0.0266. The van der Waals surface area contributed by atoms with Crippen LogP contribution >= 0.6 is 11.3 Å². The number of carbonyl (C=O) groups is 1. The fraction of sp³-hybridized carbons (Fsp3) is 0.538. The lowest BCUT2D eigenvalue weighted by Gasteiger charge is -2.12. The summed E-state index contributed by atoms with van der Waals surface area (Å²) < 4.78 is 1.71. The molecule has 0 bridgehead atoms. The van der Waals surface area contributed by atoms with E-state index in [2.05, 4.69) is 35.4 Å². The van der Waals surface area contributed by atoms with E-state index in [1.807, 2.05) is 6.92 Å². The number of carboxylic acid groups (broad SMARTS) is 1. The zero-order chi connectivity index (χ0) is 14.7. The molecule has 0 saturated carbocycles. The van der Waals surface area contributed by atoms with Crippen molar-refractivity contribution in [2.45, 2.75) is 40.2 Å². The molecule has 1 unspecified atom stereocenters. The second kappa shape index (κ2) is 6.13. The van der Waals surface area contributed by atoms with Crippen molar-refractivity contribution in [3.8, 4) is 10.7 Å². The lowest BCUT2D eigenvalue weighted by molar-refractivity contribution is -0.138. The predicted molar refractivity (Wildman–Crippen MR) is 76.6 cm³/mol. The molecule has 0 amide bonds. The molecule has 6 nitrogen and oxygen atoms in total. The van der Waals surface area contributed by atoms with Crippen LogP contribution in [0.2, 0.25) is 0 Å². The minimum atomic E-state index is -0.783. The van der Waals surface area contributed by atoms with E-state index in [1.165, 1.54) is 10.4 Å². The Morgan fingerprint density at radius 3 is 2.80 bits per heavy atom.